The number of H-pyrrole nitrogens is 1. The molecule has 0 spiro atoms. The Morgan fingerprint density at radius 2 is 1.69 bits per heavy atom. The van der Waals surface area contributed by atoms with Crippen molar-refractivity contribution in [2.45, 2.75) is 39.5 Å². The minimum Gasteiger partial charge on any atom is -0.427 e. The third kappa shape index (κ3) is 5.28. The molecular weight excluding hydrogens is 388 g/mol. The molecule has 0 saturated heterocycles. The third-order valence-corrected chi connectivity index (χ3v) is 4.32. The molecule has 29 heavy (non-hydrogen) atoms. The first kappa shape index (κ1) is 21.8. The number of aromatic amines is 1. The molecule has 1 aromatic heterocycles. The van der Waals surface area contributed by atoms with Gasteiger partial charge in [-0.15, -0.1) is 0 Å². The van der Waals surface area contributed by atoms with E-state index in [2.05, 4.69) is 10.3 Å². The van der Waals surface area contributed by atoms with Crippen molar-refractivity contribution in [3.05, 3.63) is 40.0 Å². The lowest BCUT2D eigenvalue weighted by atomic mass is 9.96. The van der Waals surface area contributed by atoms with Gasteiger partial charge in [-0.1, -0.05) is 38.2 Å². The smallest absolute Gasteiger partial charge is 0.311 e. The molecule has 0 unspecified atom stereocenters. The number of nitrogens with one attached hydrogen (secondary N) is 2. The van der Waals surface area contributed by atoms with Gasteiger partial charge in [-0.3, -0.25) is 9.59 Å². The van der Waals surface area contributed by atoms with Gasteiger partial charge in [0.1, 0.15) is 33.9 Å². The molecule has 8 heteroatoms. The summed E-state index contributed by atoms with van der Waals surface area (Å²) in [4.78, 5) is 26.4. The summed E-state index contributed by atoms with van der Waals surface area (Å²) in [5.41, 5.74) is 1.09. The number of nitriles is 2. The van der Waals surface area contributed by atoms with Gasteiger partial charge in [0, 0.05) is 18.4 Å². The molecule has 0 aliphatic rings. The number of pyridine rings is 1. The van der Waals surface area contributed by atoms with E-state index in [9.17, 15) is 20.1 Å². The molecule has 2 aromatic rings. The van der Waals surface area contributed by atoms with E-state index in [-0.39, 0.29) is 33.5 Å². The van der Waals surface area contributed by atoms with Gasteiger partial charge in [0.25, 0.3) is 0 Å². The maximum absolute atomic E-state index is 12.0. The van der Waals surface area contributed by atoms with Crippen molar-refractivity contribution in [3.8, 4) is 29.0 Å². The Morgan fingerprint density at radius 1 is 1.07 bits per heavy atom. The van der Waals surface area contributed by atoms with E-state index in [0.29, 0.717) is 42.6 Å². The molecule has 0 atom stereocenters. The standard InChI is InChI=1S/C21H20N4O3S/c1-3-5-17(26)24-20-15(11-22)19(16(12-23)21(29)25-20)13-7-9-14(10-8-13)28-18(27)6-4-2/h7-10H,3-6H2,1-2H3,(H2,24,25,26,29). The molecule has 0 aliphatic carbocycles. The highest BCUT2D eigenvalue weighted by Gasteiger charge is 2.19. The van der Waals surface area contributed by atoms with Crippen LogP contribution in [0.3, 0.4) is 0 Å². The molecule has 0 bridgehead atoms. The van der Waals surface area contributed by atoms with Crippen LogP contribution in [0.15, 0.2) is 24.3 Å². The van der Waals surface area contributed by atoms with Crippen molar-refractivity contribution >= 4 is 29.9 Å². The Balaban J connectivity index is 2.53. The van der Waals surface area contributed by atoms with Crippen LogP contribution < -0.4 is 10.1 Å². The summed E-state index contributed by atoms with van der Waals surface area (Å²) in [6, 6.07) is 10.5. The fraction of sp³-hybridized carbons (Fsp3) is 0.286. The Morgan fingerprint density at radius 3 is 2.24 bits per heavy atom. The van der Waals surface area contributed by atoms with Gasteiger partial charge in [-0.2, -0.15) is 10.5 Å². The Hall–Kier alpha value is -3.49. The summed E-state index contributed by atoms with van der Waals surface area (Å²) >= 11 is 5.25. The topological polar surface area (TPSA) is 119 Å². The fourth-order valence-corrected chi connectivity index (χ4v) is 2.96. The van der Waals surface area contributed by atoms with Crippen LogP contribution in [0.5, 0.6) is 5.75 Å². The van der Waals surface area contributed by atoms with Gasteiger partial charge in [-0.25, -0.2) is 0 Å². The number of hydrogen-bond acceptors (Lipinski definition) is 6. The molecule has 1 heterocycles. The summed E-state index contributed by atoms with van der Waals surface area (Å²) in [7, 11) is 0. The highest BCUT2D eigenvalue weighted by Crippen LogP contribution is 2.32. The average molecular weight is 408 g/mol. The number of carbonyl (C=O) groups is 2. The molecule has 1 amide bonds. The van der Waals surface area contributed by atoms with Gasteiger partial charge in [0.15, 0.2) is 0 Å². The van der Waals surface area contributed by atoms with Crippen LogP contribution in [-0.4, -0.2) is 16.9 Å². The van der Waals surface area contributed by atoms with Gasteiger partial charge in [0.2, 0.25) is 5.91 Å². The van der Waals surface area contributed by atoms with Gasteiger partial charge >= 0.3 is 5.97 Å². The molecule has 1 aromatic carbocycles. The number of rotatable bonds is 7. The van der Waals surface area contributed by atoms with Crippen LogP contribution >= 0.6 is 12.2 Å². The van der Waals surface area contributed by atoms with Gasteiger partial charge in [0.05, 0.1) is 5.56 Å². The van der Waals surface area contributed by atoms with E-state index in [1.807, 2.05) is 26.0 Å². The molecule has 0 fully saturated rings. The number of anilines is 1. The summed E-state index contributed by atoms with van der Waals surface area (Å²) in [5.74, 6) is -0.0765. The SMILES string of the molecule is CCCC(=O)Nc1[nH]c(=S)c(C#N)c(-c2ccc(OC(=O)CCC)cc2)c1C#N. The number of hydrogen-bond donors (Lipinski definition) is 2. The second-order valence-electron chi connectivity index (χ2n) is 6.22. The number of nitrogens with zero attached hydrogens (tertiary/aromatic N) is 2. The van der Waals surface area contributed by atoms with E-state index in [1.54, 1.807) is 24.3 Å². The molecule has 0 saturated carbocycles. The molecule has 0 radical (unpaired) electrons. The first-order chi connectivity index (χ1) is 13.9. The lowest BCUT2D eigenvalue weighted by Crippen LogP contribution is -2.14. The Labute approximate surface area is 173 Å². The molecule has 7 nitrogen and oxygen atoms in total. The van der Waals surface area contributed by atoms with Crippen LogP contribution in [0.25, 0.3) is 11.1 Å². The van der Waals surface area contributed by atoms with Crippen molar-refractivity contribution in [1.82, 2.24) is 4.98 Å². The van der Waals surface area contributed by atoms with Crippen LogP contribution in [0.2, 0.25) is 0 Å². The number of benzene rings is 1. The minimum atomic E-state index is -0.334. The number of aromatic nitrogens is 1. The fourth-order valence-electron chi connectivity index (χ4n) is 2.71. The molecular formula is C21H20N4O3S. The Kier molecular flexibility index (Phi) is 7.64. The highest BCUT2D eigenvalue weighted by atomic mass is 32.1. The van der Waals surface area contributed by atoms with E-state index >= 15 is 0 Å². The van der Waals surface area contributed by atoms with Gasteiger partial charge < -0.3 is 15.0 Å². The summed E-state index contributed by atoms with van der Waals surface area (Å²) < 4.78 is 5.35. The van der Waals surface area contributed by atoms with E-state index < -0.39 is 0 Å². The van der Waals surface area contributed by atoms with Crippen molar-refractivity contribution in [2.75, 3.05) is 5.32 Å². The zero-order chi connectivity index (χ0) is 21.4. The number of amides is 1. The lowest BCUT2D eigenvalue weighted by Gasteiger charge is -2.13. The third-order valence-electron chi connectivity index (χ3n) is 4.01. The second-order valence-corrected chi connectivity index (χ2v) is 6.63. The van der Waals surface area contributed by atoms with Gasteiger partial charge in [-0.05, 0) is 30.5 Å². The van der Waals surface area contributed by atoms with Crippen LogP contribution in [0, 0.1) is 27.3 Å². The first-order valence-electron chi connectivity index (χ1n) is 9.16. The quantitative estimate of drug-likeness (QED) is 0.393. The predicted octanol–water partition coefficient (Wildman–Crippen LogP) is 4.60. The Bertz CT molecular complexity index is 1060. The molecule has 148 valence electrons. The van der Waals surface area contributed by atoms with Crippen molar-refractivity contribution in [2.24, 2.45) is 0 Å². The summed E-state index contributed by atoms with van der Waals surface area (Å²) in [6.45, 7) is 3.75. The van der Waals surface area contributed by atoms with Crippen molar-refractivity contribution in [1.29, 1.82) is 10.5 Å². The average Bonchev–Trinajstić information content (AvgIpc) is 2.68. The monoisotopic (exact) mass is 408 g/mol. The number of carbonyl (C=O) groups excluding carboxylic acids is 2. The predicted molar refractivity (Wildman–Crippen MR) is 111 cm³/mol. The summed E-state index contributed by atoms with van der Waals surface area (Å²) in [6.07, 6.45) is 1.94. The minimum absolute atomic E-state index is 0.107. The maximum atomic E-state index is 12.0. The van der Waals surface area contributed by atoms with E-state index in [0.717, 1.165) is 0 Å². The summed E-state index contributed by atoms with van der Waals surface area (Å²) in [5, 5.41) is 21.9. The van der Waals surface area contributed by atoms with Crippen LogP contribution in [0.4, 0.5) is 5.82 Å². The lowest BCUT2D eigenvalue weighted by molar-refractivity contribution is -0.134. The first-order valence-corrected chi connectivity index (χ1v) is 9.57. The van der Waals surface area contributed by atoms with E-state index in [4.69, 9.17) is 17.0 Å². The second kappa shape index (κ2) is 10.2. The van der Waals surface area contributed by atoms with Crippen molar-refractivity contribution < 1.29 is 14.3 Å². The largest absolute Gasteiger partial charge is 0.427 e. The molecule has 2 rings (SSSR count). The van der Waals surface area contributed by atoms with Crippen LogP contribution in [0.1, 0.15) is 50.7 Å². The maximum Gasteiger partial charge on any atom is 0.311 e. The van der Waals surface area contributed by atoms with Crippen LogP contribution in [-0.2, 0) is 9.59 Å². The normalized spacial score (nSPS) is 9.93. The number of esters is 1. The number of ether oxygens (including phenoxy) is 1. The molecule has 2 N–H and O–H groups in total. The van der Waals surface area contributed by atoms with Crippen molar-refractivity contribution in [3.63, 3.8) is 0 Å². The highest BCUT2D eigenvalue weighted by molar-refractivity contribution is 7.71. The zero-order valence-electron chi connectivity index (χ0n) is 16.2. The molecule has 0 aliphatic heterocycles. The van der Waals surface area contributed by atoms with E-state index in [1.165, 1.54) is 0 Å². The zero-order valence-corrected chi connectivity index (χ0v) is 17.0.